The number of carboxylic acid groups (broad SMARTS) is 2. The highest BCUT2D eigenvalue weighted by molar-refractivity contribution is 6.24. The molecule has 0 saturated heterocycles. The van der Waals surface area contributed by atoms with Crippen molar-refractivity contribution >= 4 is 34.6 Å². The number of rotatable bonds is 5. The molecule has 1 aliphatic carbocycles. The molecule has 0 radical (unpaired) electrons. The molecule has 1 unspecified atom stereocenters. The highest BCUT2D eigenvalue weighted by Crippen LogP contribution is 2.36. The number of benzene rings is 2. The number of carbonyl (C=O) groups is 3. The lowest BCUT2D eigenvalue weighted by atomic mass is 9.86. The van der Waals surface area contributed by atoms with Gasteiger partial charge < -0.3 is 15.3 Å². The van der Waals surface area contributed by atoms with E-state index >= 15 is 0 Å². The molecule has 0 fully saturated rings. The van der Waals surface area contributed by atoms with Gasteiger partial charge >= 0.3 is 11.9 Å². The van der Waals surface area contributed by atoms with E-state index in [1.165, 1.54) is 12.3 Å². The van der Waals surface area contributed by atoms with Crippen LogP contribution in [0.2, 0.25) is 0 Å². The number of carbonyl (C=O) groups excluding carboxylic acids is 1. The molecule has 8 heteroatoms. The maximum atomic E-state index is 13.0. The van der Waals surface area contributed by atoms with Gasteiger partial charge in [-0.3, -0.25) is 19.0 Å². The Balaban J connectivity index is 2.08. The van der Waals surface area contributed by atoms with Gasteiger partial charge in [-0.25, -0.2) is 4.79 Å². The first-order chi connectivity index (χ1) is 14.3. The first-order valence-corrected chi connectivity index (χ1v) is 8.97. The molecule has 0 spiro atoms. The van der Waals surface area contributed by atoms with E-state index in [-0.39, 0.29) is 16.5 Å². The Morgan fingerprint density at radius 2 is 1.70 bits per heavy atom. The average Bonchev–Trinajstić information content (AvgIpc) is 2.72. The third-order valence-electron chi connectivity index (χ3n) is 5.06. The van der Waals surface area contributed by atoms with Crippen LogP contribution in [-0.4, -0.2) is 37.6 Å². The Kier molecular flexibility index (Phi) is 4.46. The van der Waals surface area contributed by atoms with E-state index in [0.29, 0.717) is 16.5 Å². The number of nitrogens with zero attached hydrogens (tertiary/aromatic N) is 1. The van der Waals surface area contributed by atoms with Crippen molar-refractivity contribution in [3.63, 3.8) is 0 Å². The predicted octanol–water partition coefficient (Wildman–Crippen LogP) is 2.86. The summed E-state index contributed by atoms with van der Waals surface area (Å²) in [6.07, 6.45) is 1.53. The number of carboxylic acids is 2. The monoisotopic (exact) mass is 405 g/mol. The van der Waals surface area contributed by atoms with E-state index in [1.54, 1.807) is 30.3 Å². The van der Waals surface area contributed by atoms with Gasteiger partial charge in [0.1, 0.15) is 6.04 Å². The smallest absolute Gasteiger partial charge is 0.327 e. The van der Waals surface area contributed by atoms with Crippen molar-refractivity contribution in [2.24, 2.45) is 0 Å². The van der Waals surface area contributed by atoms with Crippen molar-refractivity contribution in [1.82, 2.24) is 4.57 Å². The second kappa shape index (κ2) is 7.00. The highest BCUT2D eigenvalue weighted by atomic mass is 16.4. The van der Waals surface area contributed by atoms with E-state index in [2.05, 4.69) is 0 Å². The molecule has 0 saturated carbocycles. The average molecular weight is 405 g/mol. The molecule has 8 nitrogen and oxygen atoms in total. The minimum atomic E-state index is -1.64. The summed E-state index contributed by atoms with van der Waals surface area (Å²) in [6, 6.07) is 10.4. The third-order valence-corrected chi connectivity index (χ3v) is 5.06. The fourth-order valence-electron chi connectivity index (χ4n) is 3.74. The number of ketones is 1. The zero-order valence-corrected chi connectivity index (χ0v) is 15.4. The summed E-state index contributed by atoms with van der Waals surface area (Å²) in [4.78, 5) is 48.6. The molecule has 1 aliphatic rings. The van der Waals surface area contributed by atoms with Crippen LogP contribution in [0.4, 0.5) is 0 Å². The van der Waals surface area contributed by atoms with Crippen LogP contribution in [0.5, 0.6) is 0 Å². The van der Waals surface area contributed by atoms with Crippen molar-refractivity contribution in [2.45, 2.75) is 12.5 Å². The van der Waals surface area contributed by atoms with Crippen LogP contribution in [0.15, 0.2) is 59.2 Å². The number of Topliss-reactive ketones (excluding diaryl/α,β-unsaturated/α-hetero) is 1. The van der Waals surface area contributed by atoms with Crippen LogP contribution in [0, 0.1) is 0 Å². The van der Waals surface area contributed by atoms with E-state index < -0.39 is 41.5 Å². The van der Waals surface area contributed by atoms with E-state index in [9.17, 15) is 29.4 Å². The number of hydrogen-bond acceptors (Lipinski definition) is 5. The molecule has 2 aromatic carbocycles. The van der Waals surface area contributed by atoms with Gasteiger partial charge in [0, 0.05) is 28.1 Å². The first-order valence-electron chi connectivity index (χ1n) is 8.97. The Bertz CT molecular complexity index is 1320. The SMILES string of the molecule is O=C(O)CC(C(=O)O)n1cc2c3c(c(-c4ccccc4)ccc3c1=O)C(=O)C(O)=C2. The zero-order valence-electron chi connectivity index (χ0n) is 15.4. The van der Waals surface area contributed by atoms with Crippen LogP contribution in [0.1, 0.15) is 28.4 Å². The molecule has 3 N–H and O–H groups in total. The molecule has 0 amide bonds. The summed E-state index contributed by atoms with van der Waals surface area (Å²) < 4.78 is 0.819. The standard InChI is InChI=1S/C22H15NO7/c24-16-8-12-10-23(15(22(29)30)9-17(25)26)21(28)14-7-6-13(11-4-2-1-3-5-11)19(18(12)14)20(16)27/h1-8,10,15,24H,9H2,(H,25,26)(H,29,30). The Labute approximate surface area is 168 Å². The molecule has 30 heavy (non-hydrogen) atoms. The second-order valence-corrected chi connectivity index (χ2v) is 6.88. The summed E-state index contributed by atoms with van der Waals surface area (Å²) in [7, 11) is 0. The van der Waals surface area contributed by atoms with E-state index in [1.807, 2.05) is 6.07 Å². The van der Waals surface area contributed by atoms with Gasteiger partial charge in [-0.05, 0) is 23.3 Å². The number of pyridine rings is 1. The van der Waals surface area contributed by atoms with Crippen LogP contribution < -0.4 is 5.56 Å². The van der Waals surface area contributed by atoms with E-state index in [0.717, 1.165) is 10.6 Å². The molecular formula is C22H15NO7. The molecule has 1 heterocycles. The van der Waals surface area contributed by atoms with Crippen LogP contribution in [0.25, 0.3) is 28.0 Å². The number of allylic oxidation sites excluding steroid dienone is 1. The Morgan fingerprint density at radius 3 is 2.33 bits per heavy atom. The highest BCUT2D eigenvalue weighted by Gasteiger charge is 2.30. The van der Waals surface area contributed by atoms with Crippen molar-refractivity contribution in [3.8, 4) is 11.1 Å². The van der Waals surface area contributed by atoms with Crippen LogP contribution >= 0.6 is 0 Å². The quantitative estimate of drug-likeness (QED) is 0.594. The van der Waals surface area contributed by atoms with Crippen LogP contribution in [-0.2, 0) is 9.59 Å². The van der Waals surface area contributed by atoms with Crippen LogP contribution in [0.3, 0.4) is 0 Å². The minimum Gasteiger partial charge on any atom is -0.504 e. The largest absolute Gasteiger partial charge is 0.504 e. The lowest BCUT2D eigenvalue weighted by molar-refractivity contribution is -0.147. The molecule has 1 aromatic heterocycles. The molecule has 0 bridgehead atoms. The number of aliphatic hydroxyl groups excluding tert-OH is 1. The fraction of sp³-hybridized carbons (Fsp3) is 0.0909. The Hall–Kier alpha value is -4.20. The molecule has 3 aromatic rings. The van der Waals surface area contributed by atoms with Gasteiger partial charge in [0.25, 0.3) is 5.56 Å². The lowest BCUT2D eigenvalue weighted by Crippen LogP contribution is -2.32. The van der Waals surface area contributed by atoms with Gasteiger partial charge in [-0.1, -0.05) is 36.4 Å². The summed E-state index contributed by atoms with van der Waals surface area (Å²) >= 11 is 0. The normalized spacial score (nSPS) is 13.7. The van der Waals surface area contributed by atoms with Crippen molar-refractivity contribution in [1.29, 1.82) is 0 Å². The molecule has 0 aliphatic heterocycles. The number of aromatic nitrogens is 1. The van der Waals surface area contributed by atoms with Gasteiger partial charge in [-0.2, -0.15) is 0 Å². The summed E-state index contributed by atoms with van der Waals surface area (Å²) in [5, 5.41) is 29.1. The number of aliphatic hydroxyl groups is 1. The van der Waals surface area contributed by atoms with Gasteiger partial charge in [0.15, 0.2) is 5.76 Å². The van der Waals surface area contributed by atoms with Crippen molar-refractivity contribution in [2.75, 3.05) is 0 Å². The third kappa shape index (κ3) is 2.95. The second-order valence-electron chi connectivity index (χ2n) is 6.88. The molecule has 150 valence electrons. The van der Waals surface area contributed by atoms with E-state index in [4.69, 9.17) is 5.11 Å². The Morgan fingerprint density at radius 1 is 1.00 bits per heavy atom. The van der Waals surface area contributed by atoms with Crippen molar-refractivity contribution < 1.29 is 29.7 Å². The molecule has 1 atom stereocenters. The first kappa shape index (κ1) is 19.1. The molecular weight excluding hydrogens is 390 g/mol. The summed E-state index contributed by atoms with van der Waals surface area (Å²) in [5.41, 5.74) is 0.897. The zero-order chi connectivity index (χ0) is 21.6. The van der Waals surface area contributed by atoms with Gasteiger partial charge in [-0.15, -0.1) is 0 Å². The van der Waals surface area contributed by atoms with Gasteiger partial charge in [0.05, 0.1) is 6.42 Å². The van der Waals surface area contributed by atoms with Crippen molar-refractivity contribution in [3.05, 3.63) is 75.9 Å². The fourth-order valence-corrected chi connectivity index (χ4v) is 3.74. The molecule has 4 rings (SSSR count). The minimum absolute atomic E-state index is 0.0657. The topological polar surface area (TPSA) is 134 Å². The van der Waals surface area contributed by atoms with Gasteiger partial charge in [0.2, 0.25) is 5.78 Å². The predicted molar refractivity (Wildman–Crippen MR) is 108 cm³/mol. The number of aliphatic carboxylic acids is 2. The number of hydrogen-bond donors (Lipinski definition) is 3. The summed E-state index contributed by atoms with van der Waals surface area (Å²) in [5.74, 6) is -4.06. The maximum absolute atomic E-state index is 13.0. The lowest BCUT2D eigenvalue weighted by Gasteiger charge is -2.21. The summed E-state index contributed by atoms with van der Waals surface area (Å²) in [6.45, 7) is 0. The maximum Gasteiger partial charge on any atom is 0.327 e.